The van der Waals surface area contributed by atoms with E-state index >= 15 is 0 Å². The fraction of sp³-hybridized carbons (Fsp3) is 0.304. The second-order valence-corrected chi connectivity index (χ2v) is 8.03. The Bertz CT molecular complexity index is 1060. The van der Waals surface area contributed by atoms with Gasteiger partial charge in [0.2, 0.25) is 0 Å². The molecule has 0 spiro atoms. The number of carbonyl (C=O) groups is 2. The largest absolute Gasteiger partial charge is 0.336 e. The van der Waals surface area contributed by atoms with Crippen LogP contribution in [0, 0.1) is 16.0 Å². The van der Waals surface area contributed by atoms with Gasteiger partial charge < -0.3 is 4.90 Å². The third-order valence-electron chi connectivity index (χ3n) is 5.44. The SMILES string of the molecule is CC(C)CN1C(=O)C(c2ccc([N+](=O)[O-])cc2)=C(N2CCCc3ccccc32)C1=O. The second-order valence-electron chi connectivity index (χ2n) is 8.03. The molecule has 0 bridgehead atoms. The van der Waals surface area contributed by atoms with E-state index in [1.807, 2.05) is 43.0 Å². The van der Waals surface area contributed by atoms with Crippen LogP contribution in [0.15, 0.2) is 54.2 Å². The van der Waals surface area contributed by atoms with Crippen molar-refractivity contribution in [2.45, 2.75) is 26.7 Å². The molecule has 2 heterocycles. The number of benzene rings is 2. The number of amides is 2. The first-order chi connectivity index (χ1) is 14.4. The van der Waals surface area contributed by atoms with Gasteiger partial charge in [-0.2, -0.15) is 0 Å². The fourth-order valence-electron chi connectivity index (χ4n) is 4.12. The molecule has 0 N–H and O–H groups in total. The molecule has 0 saturated carbocycles. The topological polar surface area (TPSA) is 83.8 Å². The Hall–Kier alpha value is -3.48. The zero-order valence-corrected chi connectivity index (χ0v) is 17.0. The molecule has 0 radical (unpaired) electrons. The van der Waals surface area contributed by atoms with Gasteiger partial charge >= 0.3 is 0 Å². The number of anilines is 1. The number of aryl methyl sites for hydroxylation is 1. The third kappa shape index (κ3) is 3.36. The van der Waals surface area contributed by atoms with Crippen molar-refractivity contribution < 1.29 is 14.5 Å². The maximum Gasteiger partial charge on any atom is 0.278 e. The molecule has 2 amide bonds. The molecule has 4 rings (SSSR count). The molecule has 0 saturated heterocycles. The molecule has 2 aliphatic rings. The van der Waals surface area contributed by atoms with Crippen LogP contribution in [0.5, 0.6) is 0 Å². The number of hydrogen-bond donors (Lipinski definition) is 0. The van der Waals surface area contributed by atoms with Crippen molar-refractivity contribution in [2.75, 3.05) is 18.0 Å². The van der Waals surface area contributed by atoms with E-state index in [1.54, 1.807) is 12.1 Å². The monoisotopic (exact) mass is 405 g/mol. The van der Waals surface area contributed by atoms with Crippen molar-refractivity contribution in [1.29, 1.82) is 0 Å². The number of nitro groups is 1. The molecule has 2 aromatic rings. The summed E-state index contributed by atoms with van der Waals surface area (Å²) in [4.78, 5) is 40.5. The first kappa shape index (κ1) is 19.8. The lowest BCUT2D eigenvalue weighted by Gasteiger charge is -2.32. The molecule has 0 aliphatic carbocycles. The van der Waals surface area contributed by atoms with Gasteiger partial charge in [-0.1, -0.05) is 32.0 Å². The van der Waals surface area contributed by atoms with E-state index in [4.69, 9.17) is 0 Å². The Morgan fingerprint density at radius 3 is 2.40 bits per heavy atom. The summed E-state index contributed by atoms with van der Waals surface area (Å²) in [5, 5.41) is 11.0. The van der Waals surface area contributed by atoms with Crippen LogP contribution in [-0.2, 0) is 16.0 Å². The minimum Gasteiger partial charge on any atom is -0.336 e. The smallest absolute Gasteiger partial charge is 0.278 e. The summed E-state index contributed by atoms with van der Waals surface area (Å²) in [5.74, 6) is -0.525. The van der Waals surface area contributed by atoms with Crippen molar-refractivity contribution in [2.24, 2.45) is 5.92 Å². The summed E-state index contributed by atoms with van der Waals surface area (Å²) in [6.45, 7) is 4.88. The zero-order valence-electron chi connectivity index (χ0n) is 17.0. The normalized spacial score (nSPS) is 16.5. The van der Waals surface area contributed by atoms with Gasteiger partial charge in [0.15, 0.2) is 0 Å². The average Bonchev–Trinajstić information content (AvgIpc) is 2.97. The predicted octanol–water partition coefficient (Wildman–Crippen LogP) is 3.78. The Balaban J connectivity index is 1.86. The van der Waals surface area contributed by atoms with Crippen molar-refractivity contribution in [3.63, 3.8) is 0 Å². The standard InChI is InChI=1S/C23H23N3O4/c1-15(2)14-25-22(27)20(17-9-11-18(12-10-17)26(29)30)21(23(25)28)24-13-5-7-16-6-3-4-8-19(16)24/h3-4,6,8-12,15H,5,7,13-14H2,1-2H3. The number of nitro benzene ring substituents is 1. The van der Waals surface area contributed by atoms with Gasteiger partial charge in [-0.15, -0.1) is 0 Å². The molecule has 30 heavy (non-hydrogen) atoms. The van der Waals surface area contributed by atoms with Gasteiger partial charge in [0.1, 0.15) is 5.70 Å². The van der Waals surface area contributed by atoms with Crippen LogP contribution in [0.3, 0.4) is 0 Å². The first-order valence-electron chi connectivity index (χ1n) is 10.1. The number of hydrogen-bond acceptors (Lipinski definition) is 5. The van der Waals surface area contributed by atoms with E-state index < -0.39 is 4.92 Å². The van der Waals surface area contributed by atoms with E-state index in [2.05, 4.69) is 0 Å². The van der Waals surface area contributed by atoms with E-state index in [0.717, 1.165) is 24.1 Å². The van der Waals surface area contributed by atoms with Crippen LogP contribution < -0.4 is 4.90 Å². The number of para-hydroxylation sites is 1. The van der Waals surface area contributed by atoms with E-state index in [-0.39, 0.29) is 23.4 Å². The summed E-state index contributed by atoms with van der Waals surface area (Å²) in [7, 11) is 0. The lowest BCUT2D eigenvalue weighted by molar-refractivity contribution is -0.384. The lowest BCUT2D eigenvalue weighted by Crippen LogP contribution is -2.38. The number of fused-ring (bicyclic) bond motifs is 1. The molecule has 0 aromatic heterocycles. The minimum atomic E-state index is -0.480. The molecule has 0 atom stereocenters. The average molecular weight is 405 g/mol. The highest BCUT2D eigenvalue weighted by atomic mass is 16.6. The summed E-state index contributed by atoms with van der Waals surface area (Å²) in [6.07, 6.45) is 1.80. The van der Waals surface area contributed by atoms with Gasteiger partial charge in [-0.3, -0.25) is 24.6 Å². The van der Waals surface area contributed by atoms with E-state index in [9.17, 15) is 19.7 Å². The molecule has 0 unspecified atom stereocenters. The van der Waals surface area contributed by atoms with Crippen LogP contribution in [0.4, 0.5) is 11.4 Å². The molecule has 7 heteroatoms. The van der Waals surface area contributed by atoms with Crippen molar-refractivity contribution in [3.8, 4) is 0 Å². The Kier molecular flexibility index (Phi) is 5.11. The van der Waals surface area contributed by atoms with Crippen LogP contribution in [-0.4, -0.2) is 34.7 Å². The van der Waals surface area contributed by atoms with Gasteiger partial charge in [-0.05, 0) is 48.1 Å². The summed E-state index contributed by atoms with van der Waals surface area (Å²) in [6, 6.07) is 13.7. The Morgan fingerprint density at radius 1 is 1.03 bits per heavy atom. The first-order valence-corrected chi connectivity index (χ1v) is 10.1. The van der Waals surface area contributed by atoms with Crippen LogP contribution in [0.2, 0.25) is 0 Å². The van der Waals surface area contributed by atoms with Crippen molar-refractivity contribution >= 4 is 28.8 Å². The van der Waals surface area contributed by atoms with E-state index in [1.165, 1.54) is 17.0 Å². The van der Waals surface area contributed by atoms with Gasteiger partial charge in [0.05, 0.1) is 10.5 Å². The van der Waals surface area contributed by atoms with Gasteiger partial charge in [-0.25, -0.2) is 0 Å². The zero-order chi connectivity index (χ0) is 21.4. The van der Waals surface area contributed by atoms with Crippen molar-refractivity contribution in [1.82, 2.24) is 4.90 Å². The Labute approximate surface area is 174 Å². The Morgan fingerprint density at radius 2 is 1.73 bits per heavy atom. The quantitative estimate of drug-likeness (QED) is 0.429. The number of imide groups is 1. The van der Waals surface area contributed by atoms with Crippen LogP contribution in [0.1, 0.15) is 31.4 Å². The molecule has 2 aliphatic heterocycles. The van der Waals surface area contributed by atoms with Crippen molar-refractivity contribution in [3.05, 3.63) is 75.5 Å². The number of non-ortho nitro benzene ring substituents is 1. The summed E-state index contributed by atoms with van der Waals surface area (Å²) >= 11 is 0. The maximum absolute atomic E-state index is 13.4. The maximum atomic E-state index is 13.4. The second kappa shape index (κ2) is 7.74. The van der Waals surface area contributed by atoms with Gasteiger partial charge in [0.25, 0.3) is 17.5 Å². The highest BCUT2D eigenvalue weighted by Gasteiger charge is 2.42. The van der Waals surface area contributed by atoms with Crippen LogP contribution in [0.25, 0.3) is 5.57 Å². The molecule has 0 fully saturated rings. The number of nitrogens with zero attached hydrogens (tertiary/aromatic N) is 3. The molecule has 7 nitrogen and oxygen atoms in total. The fourth-order valence-corrected chi connectivity index (χ4v) is 4.12. The van der Waals surface area contributed by atoms with Crippen LogP contribution >= 0.6 is 0 Å². The third-order valence-corrected chi connectivity index (χ3v) is 5.44. The van der Waals surface area contributed by atoms with E-state index in [0.29, 0.717) is 29.9 Å². The minimum absolute atomic E-state index is 0.0555. The summed E-state index contributed by atoms with van der Waals surface area (Å²) in [5.41, 5.74) is 3.21. The number of rotatable bonds is 5. The lowest BCUT2D eigenvalue weighted by atomic mass is 9.98. The molecular formula is C23H23N3O4. The molecule has 154 valence electrons. The highest BCUT2D eigenvalue weighted by molar-refractivity contribution is 6.36. The predicted molar refractivity (Wildman–Crippen MR) is 114 cm³/mol. The molecular weight excluding hydrogens is 382 g/mol. The summed E-state index contributed by atoms with van der Waals surface area (Å²) < 4.78 is 0. The number of carbonyl (C=O) groups excluding carboxylic acids is 2. The molecule has 2 aromatic carbocycles. The highest BCUT2D eigenvalue weighted by Crippen LogP contribution is 2.38. The van der Waals surface area contributed by atoms with Gasteiger partial charge in [0, 0.05) is 30.9 Å².